The summed E-state index contributed by atoms with van der Waals surface area (Å²) in [6, 6.07) is 6.04. The van der Waals surface area contributed by atoms with E-state index in [-0.39, 0.29) is 6.04 Å². The molecule has 1 unspecified atom stereocenters. The first-order chi connectivity index (χ1) is 8.72. The van der Waals surface area contributed by atoms with Gasteiger partial charge in [0.2, 0.25) is 6.79 Å². The monoisotopic (exact) mass is 262 g/mol. The number of nitrogens with zero attached hydrogens (tertiary/aromatic N) is 1. The number of rotatable bonds is 3. The minimum atomic E-state index is 0.176. The van der Waals surface area contributed by atoms with Gasteiger partial charge in [-0.2, -0.15) is 0 Å². The van der Waals surface area contributed by atoms with Gasteiger partial charge in [-0.25, -0.2) is 4.98 Å². The smallest absolute Gasteiger partial charge is 0.231 e. The normalized spacial score (nSPS) is 14.6. The topological polar surface area (TPSA) is 43.4 Å². The average molecular weight is 262 g/mol. The van der Waals surface area contributed by atoms with Gasteiger partial charge in [-0.05, 0) is 26.0 Å². The van der Waals surface area contributed by atoms with E-state index in [0.29, 0.717) is 6.79 Å². The van der Waals surface area contributed by atoms with Gasteiger partial charge in [0.1, 0.15) is 0 Å². The fourth-order valence-corrected chi connectivity index (χ4v) is 2.60. The Morgan fingerprint density at radius 1 is 1.33 bits per heavy atom. The van der Waals surface area contributed by atoms with E-state index in [1.807, 2.05) is 25.1 Å². The Balaban J connectivity index is 1.76. The highest BCUT2D eigenvalue weighted by molar-refractivity contribution is 7.09. The molecule has 0 amide bonds. The summed E-state index contributed by atoms with van der Waals surface area (Å²) < 4.78 is 10.6. The van der Waals surface area contributed by atoms with Gasteiger partial charge in [-0.3, -0.25) is 0 Å². The van der Waals surface area contributed by atoms with Crippen LogP contribution in [0.5, 0.6) is 11.5 Å². The lowest BCUT2D eigenvalue weighted by atomic mass is 10.2. The number of ether oxygens (including phenoxy) is 2. The van der Waals surface area contributed by atoms with Crippen molar-refractivity contribution in [1.29, 1.82) is 0 Å². The lowest BCUT2D eigenvalue weighted by molar-refractivity contribution is 0.174. The van der Waals surface area contributed by atoms with E-state index in [9.17, 15) is 0 Å². The highest BCUT2D eigenvalue weighted by atomic mass is 32.1. The Morgan fingerprint density at radius 2 is 2.17 bits per heavy atom. The molecular formula is C13H14N2O2S. The van der Waals surface area contributed by atoms with Gasteiger partial charge < -0.3 is 14.8 Å². The van der Waals surface area contributed by atoms with Crippen LogP contribution in [0, 0.1) is 6.92 Å². The Bertz CT molecular complexity index is 568. The molecule has 0 bridgehead atoms. The van der Waals surface area contributed by atoms with Crippen molar-refractivity contribution in [3.8, 4) is 11.5 Å². The predicted octanol–water partition coefficient (Wildman–Crippen LogP) is 3.35. The van der Waals surface area contributed by atoms with Crippen LogP contribution in [0.3, 0.4) is 0 Å². The zero-order valence-electron chi connectivity index (χ0n) is 10.3. The van der Waals surface area contributed by atoms with Crippen LogP contribution in [0.4, 0.5) is 5.69 Å². The predicted molar refractivity (Wildman–Crippen MR) is 71.5 cm³/mol. The van der Waals surface area contributed by atoms with Crippen molar-refractivity contribution in [3.05, 3.63) is 34.3 Å². The highest BCUT2D eigenvalue weighted by Gasteiger charge is 2.15. The second-order valence-corrected chi connectivity index (χ2v) is 5.29. The third-order valence-corrected chi connectivity index (χ3v) is 3.63. The molecule has 0 spiro atoms. The molecule has 94 valence electrons. The van der Waals surface area contributed by atoms with E-state index in [0.717, 1.165) is 27.9 Å². The van der Waals surface area contributed by atoms with Crippen molar-refractivity contribution < 1.29 is 9.47 Å². The van der Waals surface area contributed by atoms with Crippen molar-refractivity contribution in [1.82, 2.24) is 4.98 Å². The molecule has 1 aromatic heterocycles. The van der Waals surface area contributed by atoms with E-state index < -0.39 is 0 Å². The van der Waals surface area contributed by atoms with Crippen LogP contribution in [-0.2, 0) is 0 Å². The molecule has 0 radical (unpaired) electrons. The quantitative estimate of drug-likeness (QED) is 0.921. The van der Waals surface area contributed by atoms with Gasteiger partial charge >= 0.3 is 0 Å². The summed E-state index contributed by atoms with van der Waals surface area (Å²) in [6.07, 6.45) is 0. The lowest BCUT2D eigenvalue weighted by Crippen LogP contribution is -2.06. The Hall–Kier alpha value is -1.75. The number of aromatic nitrogens is 1. The van der Waals surface area contributed by atoms with Crippen molar-refractivity contribution in [2.24, 2.45) is 0 Å². The van der Waals surface area contributed by atoms with Crippen molar-refractivity contribution in [3.63, 3.8) is 0 Å². The lowest BCUT2D eigenvalue weighted by Gasteiger charge is -2.13. The van der Waals surface area contributed by atoms with E-state index in [1.165, 1.54) is 0 Å². The average Bonchev–Trinajstić information content (AvgIpc) is 2.96. The van der Waals surface area contributed by atoms with Crippen LogP contribution in [0.25, 0.3) is 0 Å². The van der Waals surface area contributed by atoms with Crippen molar-refractivity contribution in [2.45, 2.75) is 19.9 Å². The molecule has 1 aliphatic heterocycles. The first-order valence-electron chi connectivity index (χ1n) is 5.80. The summed E-state index contributed by atoms with van der Waals surface area (Å²) in [6.45, 7) is 4.42. The van der Waals surface area contributed by atoms with E-state index in [2.05, 4.69) is 22.6 Å². The molecule has 0 saturated carbocycles. The van der Waals surface area contributed by atoms with Gasteiger partial charge in [-0.1, -0.05) is 0 Å². The maximum Gasteiger partial charge on any atom is 0.231 e. The third kappa shape index (κ3) is 2.13. The molecule has 0 saturated heterocycles. The van der Waals surface area contributed by atoms with Gasteiger partial charge in [0, 0.05) is 17.1 Å². The molecule has 2 aromatic rings. The Labute approximate surface area is 110 Å². The largest absolute Gasteiger partial charge is 0.454 e. The molecule has 1 atom stereocenters. The number of nitrogens with one attached hydrogen (secondary N) is 1. The molecule has 1 N–H and O–H groups in total. The molecule has 3 rings (SSSR count). The van der Waals surface area contributed by atoms with E-state index in [4.69, 9.17) is 9.47 Å². The molecule has 0 aliphatic carbocycles. The Kier molecular flexibility index (Phi) is 2.83. The summed E-state index contributed by atoms with van der Waals surface area (Å²) in [5.74, 6) is 1.60. The fraction of sp³-hybridized carbons (Fsp3) is 0.308. The second kappa shape index (κ2) is 4.49. The van der Waals surface area contributed by atoms with Crippen LogP contribution in [-0.4, -0.2) is 11.8 Å². The molecule has 1 aliphatic rings. The summed E-state index contributed by atoms with van der Waals surface area (Å²) in [5.41, 5.74) is 2.08. The Morgan fingerprint density at radius 3 is 2.94 bits per heavy atom. The van der Waals surface area contributed by atoms with Gasteiger partial charge in [0.15, 0.2) is 11.5 Å². The summed E-state index contributed by atoms with van der Waals surface area (Å²) >= 11 is 1.67. The van der Waals surface area contributed by atoms with E-state index >= 15 is 0 Å². The molecule has 2 heterocycles. The van der Waals surface area contributed by atoms with Crippen LogP contribution in [0.2, 0.25) is 0 Å². The molecule has 4 nitrogen and oxygen atoms in total. The van der Waals surface area contributed by atoms with Crippen LogP contribution >= 0.6 is 11.3 Å². The summed E-state index contributed by atoms with van der Waals surface area (Å²) in [4.78, 5) is 4.48. The number of aryl methyl sites for hydroxylation is 1. The van der Waals surface area contributed by atoms with Gasteiger partial charge in [0.25, 0.3) is 0 Å². The van der Waals surface area contributed by atoms with Crippen molar-refractivity contribution in [2.75, 3.05) is 12.1 Å². The minimum absolute atomic E-state index is 0.176. The zero-order valence-corrected chi connectivity index (χ0v) is 11.1. The third-order valence-electron chi connectivity index (χ3n) is 2.84. The standard InChI is InChI=1S/C13H14N2O2S/c1-8(11-6-18-9(2)15-11)14-10-3-4-12-13(5-10)17-7-16-12/h3-6,8,14H,7H2,1-2H3. The SMILES string of the molecule is Cc1nc(C(C)Nc2ccc3c(c2)OCO3)cs1. The number of benzene rings is 1. The molecular weight excluding hydrogens is 248 g/mol. The molecule has 1 aromatic carbocycles. The zero-order chi connectivity index (χ0) is 12.5. The van der Waals surface area contributed by atoms with Crippen LogP contribution in [0.1, 0.15) is 23.7 Å². The number of thiazole rings is 1. The molecule has 5 heteroatoms. The summed E-state index contributed by atoms with van der Waals surface area (Å²) in [5, 5.41) is 6.58. The number of hydrogen-bond donors (Lipinski definition) is 1. The first-order valence-corrected chi connectivity index (χ1v) is 6.68. The number of anilines is 1. The molecule has 0 fully saturated rings. The van der Waals surface area contributed by atoms with Crippen LogP contribution < -0.4 is 14.8 Å². The summed E-state index contributed by atoms with van der Waals surface area (Å²) in [7, 11) is 0. The first kappa shape index (κ1) is 11.3. The fourth-order valence-electron chi connectivity index (χ4n) is 1.89. The number of hydrogen-bond acceptors (Lipinski definition) is 5. The maximum atomic E-state index is 5.35. The van der Waals surface area contributed by atoms with Gasteiger partial charge in [-0.15, -0.1) is 11.3 Å². The van der Waals surface area contributed by atoms with Crippen LogP contribution in [0.15, 0.2) is 23.6 Å². The van der Waals surface area contributed by atoms with E-state index in [1.54, 1.807) is 11.3 Å². The highest BCUT2D eigenvalue weighted by Crippen LogP contribution is 2.35. The number of fused-ring (bicyclic) bond motifs is 1. The van der Waals surface area contributed by atoms with Gasteiger partial charge in [0.05, 0.1) is 16.7 Å². The maximum absolute atomic E-state index is 5.35. The second-order valence-electron chi connectivity index (χ2n) is 4.23. The van der Waals surface area contributed by atoms with Crippen molar-refractivity contribution >= 4 is 17.0 Å². The minimum Gasteiger partial charge on any atom is -0.454 e. The molecule has 18 heavy (non-hydrogen) atoms.